The third kappa shape index (κ3) is 4.68. The summed E-state index contributed by atoms with van der Waals surface area (Å²) in [7, 11) is 1.90. The van der Waals surface area contributed by atoms with Gasteiger partial charge in [0.1, 0.15) is 12.4 Å². The van der Waals surface area contributed by atoms with Gasteiger partial charge in [-0.1, -0.05) is 0 Å². The number of likely N-dealkylation sites (N-methyl/N-ethyl adjacent to an activating group) is 1. The molecule has 0 spiro atoms. The van der Waals surface area contributed by atoms with Crippen molar-refractivity contribution in [2.24, 2.45) is 0 Å². The number of halogens is 1. The Hall–Kier alpha value is -1.67. The lowest BCUT2D eigenvalue weighted by Gasteiger charge is -2.32. The Labute approximate surface area is 129 Å². The summed E-state index contributed by atoms with van der Waals surface area (Å²) in [5.41, 5.74) is -0.0503. The minimum absolute atomic E-state index is 0. The third-order valence-corrected chi connectivity index (χ3v) is 3.57. The van der Waals surface area contributed by atoms with Crippen LogP contribution in [0.5, 0.6) is 0 Å². The summed E-state index contributed by atoms with van der Waals surface area (Å²) in [5, 5.41) is 17.6. The van der Waals surface area contributed by atoms with Crippen LogP contribution in [0.15, 0.2) is 12.4 Å². The highest BCUT2D eigenvalue weighted by atomic mass is 35.5. The molecule has 1 amide bonds. The van der Waals surface area contributed by atoms with Gasteiger partial charge in [-0.2, -0.15) is 5.10 Å². The van der Waals surface area contributed by atoms with E-state index in [1.807, 2.05) is 11.9 Å². The van der Waals surface area contributed by atoms with Crippen LogP contribution in [0.4, 0.5) is 5.69 Å². The van der Waals surface area contributed by atoms with Gasteiger partial charge in [0, 0.05) is 32.1 Å². The molecular weight excluding hydrogens is 298 g/mol. The lowest BCUT2D eigenvalue weighted by Crippen LogP contribution is -2.47. The fourth-order valence-corrected chi connectivity index (χ4v) is 2.38. The first-order chi connectivity index (χ1) is 9.60. The molecule has 1 aliphatic heterocycles. The van der Waals surface area contributed by atoms with Crippen molar-refractivity contribution < 1.29 is 9.72 Å². The maximum absolute atomic E-state index is 12.1. The highest BCUT2D eigenvalue weighted by molar-refractivity contribution is 5.85. The van der Waals surface area contributed by atoms with E-state index in [0.717, 1.165) is 25.9 Å². The highest BCUT2D eigenvalue weighted by Crippen LogP contribution is 2.12. The Kier molecular flexibility index (Phi) is 6.57. The molecule has 8 nitrogen and oxygen atoms in total. The number of likely N-dealkylation sites (tertiary alicyclic amines) is 1. The van der Waals surface area contributed by atoms with Crippen LogP contribution in [0.3, 0.4) is 0 Å². The number of hydrogen-bond donors (Lipinski definition) is 1. The number of carbonyl (C=O) groups excluding carboxylic acids is 1. The Morgan fingerprint density at radius 1 is 1.62 bits per heavy atom. The zero-order chi connectivity index (χ0) is 14.5. The minimum Gasteiger partial charge on any atom is -0.341 e. The number of nitrogens with zero attached hydrogens (tertiary/aromatic N) is 4. The fraction of sp³-hybridized carbons (Fsp3) is 0.667. The van der Waals surface area contributed by atoms with Gasteiger partial charge in [-0.25, -0.2) is 0 Å². The number of carbonyl (C=O) groups is 1. The van der Waals surface area contributed by atoms with E-state index in [0.29, 0.717) is 19.0 Å². The van der Waals surface area contributed by atoms with Gasteiger partial charge < -0.3 is 10.2 Å². The molecule has 0 aromatic carbocycles. The summed E-state index contributed by atoms with van der Waals surface area (Å²) in [5.74, 6) is 0.0723. The largest absolute Gasteiger partial charge is 0.341 e. The summed E-state index contributed by atoms with van der Waals surface area (Å²) in [6, 6.07) is 0.360. The van der Waals surface area contributed by atoms with Crippen molar-refractivity contribution >= 4 is 24.0 Å². The van der Waals surface area contributed by atoms with Crippen LogP contribution in [0.2, 0.25) is 0 Å². The summed E-state index contributed by atoms with van der Waals surface area (Å²) in [4.78, 5) is 24.0. The predicted octanol–water partition coefficient (Wildman–Crippen LogP) is 0.814. The Bertz CT molecular complexity index is 493. The van der Waals surface area contributed by atoms with Gasteiger partial charge in [0.25, 0.3) is 0 Å². The van der Waals surface area contributed by atoms with Crippen LogP contribution in [-0.2, 0) is 11.3 Å². The van der Waals surface area contributed by atoms with Crippen molar-refractivity contribution in [2.45, 2.75) is 31.8 Å². The average Bonchev–Trinajstić information content (AvgIpc) is 2.94. The van der Waals surface area contributed by atoms with Crippen molar-refractivity contribution in [3.05, 3.63) is 22.5 Å². The van der Waals surface area contributed by atoms with Crippen molar-refractivity contribution in [1.29, 1.82) is 0 Å². The van der Waals surface area contributed by atoms with E-state index in [-0.39, 0.29) is 24.0 Å². The summed E-state index contributed by atoms with van der Waals surface area (Å²) < 4.78 is 1.44. The molecular formula is C12H20ClN5O3. The second-order valence-corrected chi connectivity index (χ2v) is 4.94. The standard InChI is InChI=1S/C12H19N5O3.ClH/c1-13-10-3-2-5-15(8-10)12(18)4-6-16-9-11(7-14-16)17(19)20;/h7,9-10,13H,2-6,8H2,1H3;1H. The van der Waals surface area contributed by atoms with Gasteiger partial charge in [0.15, 0.2) is 0 Å². The fourth-order valence-electron chi connectivity index (χ4n) is 2.38. The number of aromatic nitrogens is 2. The minimum atomic E-state index is -0.493. The maximum Gasteiger partial charge on any atom is 0.306 e. The van der Waals surface area contributed by atoms with E-state index in [9.17, 15) is 14.9 Å². The van der Waals surface area contributed by atoms with E-state index < -0.39 is 4.92 Å². The summed E-state index contributed by atoms with van der Waals surface area (Å²) >= 11 is 0. The predicted molar refractivity (Wildman–Crippen MR) is 79.4 cm³/mol. The van der Waals surface area contributed by atoms with Gasteiger partial charge >= 0.3 is 5.69 Å². The number of piperidine rings is 1. The van der Waals surface area contributed by atoms with Crippen molar-refractivity contribution in [2.75, 3.05) is 20.1 Å². The molecule has 9 heteroatoms. The molecule has 0 aliphatic carbocycles. The number of hydrogen-bond acceptors (Lipinski definition) is 5. The van der Waals surface area contributed by atoms with Crippen molar-refractivity contribution in [3.63, 3.8) is 0 Å². The van der Waals surface area contributed by atoms with Gasteiger partial charge in [-0.15, -0.1) is 12.4 Å². The molecule has 1 aromatic rings. The van der Waals surface area contributed by atoms with Crippen molar-refractivity contribution in [1.82, 2.24) is 20.0 Å². The SMILES string of the molecule is CNC1CCCN(C(=O)CCn2cc([N+](=O)[O-])cn2)C1.Cl. The maximum atomic E-state index is 12.1. The number of nitro groups is 1. The number of aryl methyl sites for hydroxylation is 1. The zero-order valence-electron chi connectivity index (χ0n) is 11.9. The molecule has 0 radical (unpaired) electrons. The van der Waals surface area contributed by atoms with Gasteiger partial charge in [-0.3, -0.25) is 19.6 Å². The van der Waals surface area contributed by atoms with Gasteiger partial charge in [0.05, 0.1) is 4.92 Å². The van der Waals surface area contributed by atoms with E-state index >= 15 is 0 Å². The number of rotatable bonds is 5. The normalized spacial score (nSPS) is 18.1. The molecule has 118 valence electrons. The molecule has 1 aromatic heterocycles. The van der Waals surface area contributed by atoms with Crippen LogP contribution in [0.1, 0.15) is 19.3 Å². The van der Waals surface area contributed by atoms with Crippen LogP contribution in [0, 0.1) is 10.1 Å². The monoisotopic (exact) mass is 317 g/mol. The Morgan fingerprint density at radius 2 is 2.38 bits per heavy atom. The second kappa shape index (κ2) is 7.94. The third-order valence-electron chi connectivity index (χ3n) is 3.57. The molecule has 1 unspecified atom stereocenters. The van der Waals surface area contributed by atoms with E-state index in [4.69, 9.17) is 0 Å². The average molecular weight is 318 g/mol. The van der Waals surface area contributed by atoms with E-state index in [2.05, 4.69) is 10.4 Å². The van der Waals surface area contributed by atoms with Crippen molar-refractivity contribution in [3.8, 4) is 0 Å². The molecule has 2 heterocycles. The van der Waals surface area contributed by atoms with Crippen LogP contribution >= 0.6 is 12.4 Å². The number of nitrogens with one attached hydrogen (secondary N) is 1. The first kappa shape index (κ1) is 17.4. The quantitative estimate of drug-likeness (QED) is 0.641. The molecule has 1 aliphatic rings. The van der Waals surface area contributed by atoms with E-state index in [1.165, 1.54) is 17.1 Å². The Balaban J connectivity index is 0.00000220. The van der Waals surface area contributed by atoms with Crippen LogP contribution in [0.25, 0.3) is 0 Å². The highest BCUT2D eigenvalue weighted by Gasteiger charge is 2.22. The smallest absolute Gasteiger partial charge is 0.306 e. The molecule has 0 saturated carbocycles. The first-order valence-electron chi connectivity index (χ1n) is 6.72. The lowest BCUT2D eigenvalue weighted by molar-refractivity contribution is -0.385. The van der Waals surface area contributed by atoms with Crippen LogP contribution < -0.4 is 5.32 Å². The second-order valence-electron chi connectivity index (χ2n) is 4.94. The topological polar surface area (TPSA) is 93.3 Å². The molecule has 0 bridgehead atoms. The zero-order valence-corrected chi connectivity index (χ0v) is 12.7. The molecule has 1 N–H and O–H groups in total. The molecule has 21 heavy (non-hydrogen) atoms. The van der Waals surface area contributed by atoms with Gasteiger partial charge in [0.2, 0.25) is 5.91 Å². The Morgan fingerprint density at radius 3 is 3.00 bits per heavy atom. The molecule has 1 saturated heterocycles. The first-order valence-corrected chi connectivity index (χ1v) is 6.72. The summed E-state index contributed by atoms with van der Waals surface area (Å²) in [6.07, 6.45) is 4.95. The lowest BCUT2D eigenvalue weighted by atomic mass is 10.1. The number of amides is 1. The molecule has 2 rings (SSSR count). The molecule has 1 atom stereocenters. The van der Waals surface area contributed by atoms with Gasteiger partial charge in [-0.05, 0) is 19.9 Å². The summed E-state index contributed by atoms with van der Waals surface area (Å²) in [6.45, 7) is 1.89. The van der Waals surface area contributed by atoms with Crippen LogP contribution in [-0.4, -0.2) is 51.7 Å². The molecule has 1 fully saturated rings. The van der Waals surface area contributed by atoms with E-state index in [1.54, 1.807) is 0 Å².